The lowest BCUT2D eigenvalue weighted by molar-refractivity contribution is -0.138. The number of carbonyl (C=O) groups excluding carboxylic acids is 2. The summed E-state index contributed by atoms with van der Waals surface area (Å²) in [5, 5.41) is 0. The summed E-state index contributed by atoms with van der Waals surface area (Å²) < 4.78 is 49.5. The zero-order valence-electron chi connectivity index (χ0n) is 14.2. The number of rotatable bonds is 3. The van der Waals surface area contributed by atoms with E-state index in [4.69, 9.17) is 9.47 Å². The first-order valence-electron chi connectivity index (χ1n) is 7.99. The normalized spacial score (nSPS) is 15.6. The molecule has 2 N–H and O–H groups in total. The molecule has 1 aromatic heterocycles. The monoisotopic (exact) mass is 397 g/mol. The third-order valence-corrected chi connectivity index (χ3v) is 3.75. The van der Waals surface area contributed by atoms with E-state index in [1.165, 1.54) is 0 Å². The Kier molecular flexibility index (Phi) is 5.25. The Labute approximate surface area is 155 Å². The topological polar surface area (TPSA) is 98.7 Å². The summed E-state index contributed by atoms with van der Waals surface area (Å²) in [5.41, 5.74) is 2.24. The predicted molar refractivity (Wildman–Crippen MR) is 88.3 cm³/mol. The predicted octanol–water partition coefficient (Wildman–Crippen LogP) is 0.854. The number of fused-ring (bicyclic) bond motifs is 1. The molecule has 2 heterocycles. The van der Waals surface area contributed by atoms with Gasteiger partial charge in [0.2, 0.25) is 6.10 Å². The number of hydrazine groups is 1. The highest BCUT2D eigenvalue weighted by Crippen LogP contribution is 2.30. The summed E-state index contributed by atoms with van der Waals surface area (Å²) in [6.45, 7) is -0.806. The van der Waals surface area contributed by atoms with Crippen molar-refractivity contribution in [3.8, 4) is 11.5 Å². The van der Waals surface area contributed by atoms with Gasteiger partial charge in [0.15, 0.2) is 11.5 Å². The van der Waals surface area contributed by atoms with Gasteiger partial charge in [-0.1, -0.05) is 12.1 Å². The molecule has 0 radical (unpaired) electrons. The SMILES string of the molecule is O=C(Cn1cc(C(F)(F)F)ccc1=O)NNC(=O)C1COc2ccccc2O1. The third kappa shape index (κ3) is 4.42. The van der Waals surface area contributed by atoms with Gasteiger partial charge in [0.05, 0.1) is 5.56 Å². The molecule has 1 aliphatic heterocycles. The van der Waals surface area contributed by atoms with Crippen molar-refractivity contribution in [2.24, 2.45) is 0 Å². The Morgan fingerprint density at radius 1 is 1.11 bits per heavy atom. The average molecular weight is 397 g/mol. The van der Waals surface area contributed by atoms with Crippen LogP contribution in [-0.4, -0.2) is 29.1 Å². The van der Waals surface area contributed by atoms with Gasteiger partial charge in [0, 0.05) is 12.3 Å². The molecule has 1 aromatic carbocycles. The number of alkyl halides is 3. The lowest BCUT2D eigenvalue weighted by Gasteiger charge is -2.25. The van der Waals surface area contributed by atoms with Crippen LogP contribution in [0.3, 0.4) is 0 Å². The van der Waals surface area contributed by atoms with Gasteiger partial charge in [-0.05, 0) is 18.2 Å². The highest BCUT2D eigenvalue weighted by Gasteiger charge is 2.31. The number of aromatic nitrogens is 1. The van der Waals surface area contributed by atoms with E-state index in [9.17, 15) is 27.6 Å². The molecule has 0 saturated heterocycles. The second-order valence-electron chi connectivity index (χ2n) is 5.78. The molecule has 0 bridgehead atoms. The Balaban J connectivity index is 1.56. The van der Waals surface area contributed by atoms with E-state index in [-0.39, 0.29) is 6.61 Å². The Morgan fingerprint density at radius 3 is 2.54 bits per heavy atom. The maximum Gasteiger partial charge on any atom is 0.417 e. The number of carbonyl (C=O) groups is 2. The van der Waals surface area contributed by atoms with E-state index < -0.39 is 41.8 Å². The third-order valence-electron chi connectivity index (χ3n) is 3.75. The minimum Gasteiger partial charge on any atom is -0.485 e. The van der Waals surface area contributed by atoms with Crippen LogP contribution in [0.2, 0.25) is 0 Å². The van der Waals surface area contributed by atoms with Crippen molar-refractivity contribution in [2.45, 2.75) is 18.8 Å². The molecule has 11 heteroatoms. The molecule has 3 rings (SSSR count). The van der Waals surface area contributed by atoms with E-state index >= 15 is 0 Å². The smallest absolute Gasteiger partial charge is 0.417 e. The highest BCUT2D eigenvalue weighted by molar-refractivity contribution is 5.85. The zero-order valence-corrected chi connectivity index (χ0v) is 14.2. The number of nitrogens with zero attached hydrogens (tertiary/aromatic N) is 1. The number of hydrogen-bond acceptors (Lipinski definition) is 5. The number of ether oxygens (including phenoxy) is 2. The second kappa shape index (κ2) is 7.62. The summed E-state index contributed by atoms with van der Waals surface area (Å²) in [4.78, 5) is 35.6. The van der Waals surface area contributed by atoms with Gasteiger partial charge < -0.3 is 14.0 Å². The largest absolute Gasteiger partial charge is 0.485 e. The first-order valence-corrected chi connectivity index (χ1v) is 7.99. The highest BCUT2D eigenvalue weighted by atomic mass is 19.4. The summed E-state index contributed by atoms with van der Waals surface area (Å²) in [6.07, 6.45) is -5.17. The molecule has 0 spiro atoms. The minimum atomic E-state index is -4.66. The van der Waals surface area contributed by atoms with Crippen LogP contribution in [0.25, 0.3) is 0 Å². The van der Waals surface area contributed by atoms with Crippen molar-refractivity contribution in [1.82, 2.24) is 15.4 Å². The molecule has 0 saturated carbocycles. The quantitative estimate of drug-likeness (QED) is 0.749. The summed E-state index contributed by atoms with van der Waals surface area (Å²) in [5.74, 6) is -0.790. The van der Waals surface area contributed by atoms with E-state index in [2.05, 4.69) is 5.43 Å². The first-order chi connectivity index (χ1) is 13.2. The van der Waals surface area contributed by atoms with Gasteiger partial charge in [-0.2, -0.15) is 13.2 Å². The number of nitrogens with one attached hydrogen (secondary N) is 2. The molecular weight excluding hydrogens is 383 g/mol. The number of halogens is 3. The van der Waals surface area contributed by atoms with Crippen molar-refractivity contribution in [3.05, 3.63) is 58.5 Å². The van der Waals surface area contributed by atoms with Gasteiger partial charge in [-0.3, -0.25) is 25.2 Å². The van der Waals surface area contributed by atoms with Crippen molar-refractivity contribution >= 4 is 11.8 Å². The van der Waals surface area contributed by atoms with Crippen LogP contribution >= 0.6 is 0 Å². The van der Waals surface area contributed by atoms with Gasteiger partial charge >= 0.3 is 6.18 Å². The maximum absolute atomic E-state index is 12.7. The first kappa shape index (κ1) is 19.3. The van der Waals surface area contributed by atoms with E-state index in [1.807, 2.05) is 5.43 Å². The fraction of sp³-hybridized carbons (Fsp3) is 0.235. The van der Waals surface area contributed by atoms with E-state index in [0.29, 0.717) is 34.4 Å². The molecule has 2 aromatic rings. The minimum absolute atomic E-state index is 0.0915. The molecule has 28 heavy (non-hydrogen) atoms. The number of pyridine rings is 1. The van der Waals surface area contributed by atoms with Crippen molar-refractivity contribution in [1.29, 1.82) is 0 Å². The number of para-hydroxylation sites is 2. The lowest BCUT2D eigenvalue weighted by Crippen LogP contribution is -2.51. The molecule has 1 aliphatic rings. The molecule has 0 fully saturated rings. The Hall–Kier alpha value is -3.50. The fourth-order valence-corrected chi connectivity index (χ4v) is 2.38. The number of hydrogen-bond donors (Lipinski definition) is 2. The maximum atomic E-state index is 12.7. The van der Waals surface area contributed by atoms with E-state index in [0.717, 1.165) is 0 Å². The Morgan fingerprint density at radius 2 is 1.82 bits per heavy atom. The van der Waals surface area contributed by atoms with E-state index in [1.54, 1.807) is 24.3 Å². The van der Waals surface area contributed by atoms with Gasteiger partial charge in [-0.25, -0.2) is 0 Å². The number of benzene rings is 1. The van der Waals surface area contributed by atoms with Gasteiger partial charge in [0.25, 0.3) is 17.4 Å². The van der Waals surface area contributed by atoms with Crippen LogP contribution in [-0.2, 0) is 22.3 Å². The molecule has 148 valence electrons. The molecule has 1 unspecified atom stereocenters. The fourth-order valence-electron chi connectivity index (χ4n) is 2.38. The van der Waals surface area contributed by atoms with Crippen molar-refractivity contribution < 1.29 is 32.2 Å². The Bertz CT molecular complexity index is 958. The zero-order chi connectivity index (χ0) is 20.3. The van der Waals surface area contributed by atoms with Gasteiger partial charge in [0.1, 0.15) is 13.2 Å². The van der Waals surface area contributed by atoms with Crippen LogP contribution in [0.15, 0.2) is 47.4 Å². The summed E-state index contributed by atoms with van der Waals surface area (Å²) >= 11 is 0. The molecule has 0 aliphatic carbocycles. The summed E-state index contributed by atoms with van der Waals surface area (Å²) in [7, 11) is 0. The van der Waals surface area contributed by atoms with Crippen LogP contribution in [0.5, 0.6) is 11.5 Å². The van der Waals surface area contributed by atoms with Gasteiger partial charge in [-0.15, -0.1) is 0 Å². The van der Waals surface area contributed by atoms with Crippen LogP contribution < -0.4 is 25.9 Å². The second-order valence-corrected chi connectivity index (χ2v) is 5.78. The standard InChI is InChI=1S/C17H14F3N3O5/c18-17(19,20)10-5-6-15(25)23(7-10)8-14(24)21-22-16(26)13-9-27-11-3-1-2-4-12(11)28-13/h1-7,13H,8-9H2,(H,21,24)(H,22,26). The lowest BCUT2D eigenvalue weighted by atomic mass is 10.2. The molecule has 1 atom stereocenters. The van der Waals surface area contributed by atoms with Crippen LogP contribution in [0.1, 0.15) is 5.56 Å². The van der Waals surface area contributed by atoms with Crippen LogP contribution in [0.4, 0.5) is 13.2 Å². The van der Waals surface area contributed by atoms with Crippen molar-refractivity contribution in [2.75, 3.05) is 6.61 Å². The van der Waals surface area contributed by atoms with Crippen molar-refractivity contribution in [3.63, 3.8) is 0 Å². The summed E-state index contributed by atoms with van der Waals surface area (Å²) in [6, 6.07) is 8.02. The van der Waals surface area contributed by atoms with Crippen LogP contribution in [0, 0.1) is 0 Å². The molecule has 8 nitrogen and oxygen atoms in total. The number of amides is 2. The molecule has 2 amide bonds. The average Bonchev–Trinajstić information content (AvgIpc) is 2.66. The molecular formula is C17H14F3N3O5.